The largest absolute Gasteiger partial charge is 0.480 e. The van der Waals surface area contributed by atoms with E-state index in [1.54, 1.807) is 0 Å². The molecule has 1 aliphatic heterocycles. The van der Waals surface area contributed by atoms with Crippen molar-refractivity contribution in [2.75, 3.05) is 6.61 Å². The van der Waals surface area contributed by atoms with Crippen molar-refractivity contribution in [1.29, 1.82) is 5.26 Å². The predicted molar refractivity (Wildman–Crippen MR) is 53.4 cm³/mol. The maximum Gasteiger partial charge on any atom is 0.326 e. The zero-order valence-corrected chi connectivity index (χ0v) is 8.81. The Morgan fingerprint density at radius 1 is 1.62 bits per heavy atom. The smallest absolute Gasteiger partial charge is 0.326 e. The number of nitriles is 1. The van der Waals surface area contributed by atoms with Gasteiger partial charge in [0.1, 0.15) is 12.1 Å². The normalized spacial score (nSPS) is 21.1. The Bertz CT molecular complexity index is 304. The van der Waals surface area contributed by atoms with Crippen LogP contribution in [0.1, 0.15) is 25.7 Å². The molecular weight excluding hydrogens is 212 g/mol. The molecular formula is C10H14N2O4. The average Bonchev–Trinajstić information content (AvgIpc) is 2.76. The molecule has 2 N–H and O–H groups in total. The van der Waals surface area contributed by atoms with Gasteiger partial charge in [-0.15, -0.1) is 0 Å². The molecule has 1 heterocycles. The van der Waals surface area contributed by atoms with Crippen LogP contribution in [0, 0.1) is 11.3 Å². The highest BCUT2D eigenvalue weighted by Gasteiger charge is 2.27. The fourth-order valence-electron chi connectivity index (χ4n) is 1.52. The van der Waals surface area contributed by atoms with E-state index in [1.807, 2.05) is 6.07 Å². The summed E-state index contributed by atoms with van der Waals surface area (Å²) in [6.45, 7) is 0.536. The molecule has 1 amide bonds. The van der Waals surface area contributed by atoms with E-state index >= 15 is 0 Å². The summed E-state index contributed by atoms with van der Waals surface area (Å²) in [7, 11) is 0. The molecule has 0 aromatic heterocycles. The topological polar surface area (TPSA) is 99.4 Å². The van der Waals surface area contributed by atoms with Crippen molar-refractivity contribution in [2.24, 2.45) is 0 Å². The summed E-state index contributed by atoms with van der Waals surface area (Å²) in [5, 5.41) is 19.6. The Kier molecular flexibility index (Phi) is 4.73. The number of ether oxygens (including phenoxy) is 1. The van der Waals surface area contributed by atoms with Crippen LogP contribution in [0.5, 0.6) is 0 Å². The first-order valence-corrected chi connectivity index (χ1v) is 5.17. The average molecular weight is 226 g/mol. The number of nitrogens with one attached hydrogen (secondary N) is 1. The second kappa shape index (κ2) is 6.08. The maximum atomic E-state index is 11.5. The van der Waals surface area contributed by atoms with E-state index in [9.17, 15) is 9.59 Å². The van der Waals surface area contributed by atoms with E-state index in [0.29, 0.717) is 13.0 Å². The van der Waals surface area contributed by atoms with Crippen molar-refractivity contribution in [3.63, 3.8) is 0 Å². The second-order valence-electron chi connectivity index (χ2n) is 3.60. The summed E-state index contributed by atoms with van der Waals surface area (Å²) in [4.78, 5) is 22.3. The minimum Gasteiger partial charge on any atom is -0.480 e. The lowest BCUT2D eigenvalue weighted by Crippen LogP contribution is -2.45. The summed E-state index contributed by atoms with van der Waals surface area (Å²) in [6.07, 6.45) is 1.11. The van der Waals surface area contributed by atoms with Crippen molar-refractivity contribution in [1.82, 2.24) is 5.32 Å². The predicted octanol–water partition coefficient (Wildman–Crippen LogP) is 0.0386. The van der Waals surface area contributed by atoms with Gasteiger partial charge >= 0.3 is 5.97 Å². The number of carbonyl (C=O) groups excluding carboxylic acids is 1. The van der Waals surface area contributed by atoms with Crippen LogP contribution >= 0.6 is 0 Å². The number of aliphatic carboxylic acids is 1. The second-order valence-corrected chi connectivity index (χ2v) is 3.60. The highest BCUT2D eigenvalue weighted by atomic mass is 16.5. The van der Waals surface area contributed by atoms with Crippen molar-refractivity contribution in [3.8, 4) is 6.07 Å². The molecule has 0 saturated carbocycles. The number of rotatable bonds is 5. The van der Waals surface area contributed by atoms with Gasteiger partial charge in [-0.1, -0.05) is 0 Å². The molecule has 88 valence electrons. The maximum absolute atomic E-state index is 11.5. The van der Waals surface area contributed by atoms with Gasteiger partial charge in [-0.25, -0.2) is 4.79 Å². The number of carboxylic acid groups (broad SMARTS) is 1. The third kappa shape index (κ3) is 3.51. The molecule has 1 fully saturated rings. The fourth-order valence-corrected chi connectivity index (χ4v) is 1.52. The van der Waals surface area contributed by atoms with E-state index in [-0.39, 0.29) is 12.8 Å². The van der Waals surface area contributed by atoms with Gasteiger partial charge in [0.15, 0.2) is 0 Å². The summed E-state index contributed by atoms with van der Waals surface area (Å²) >= 11 is 0. The number of carboxylic acids is 1. The molecule has 0 unspecified atom stereocenters. The highest BCUT2D eigenvalue weighted by Crippen LogP contribution is 2.12. The molecule has 1 rings (SSSR count). The summed E-state index contributed by atoms with van der Waals surface area (Å²) in [5.74, 6) is -1.52. The molecule has 2 atom stereocenters. The molecule has 0 radical (unpaired) electrons. The zero-order valence-electron chi connectivity index (χ0n) is 8.81. The van der Waals surface area contributed by atoms with Gasteiger partial charge in [-0.3, -0.25) is 4.79 Å². The lowest BCUT2D eigenvalue weighted by molar-refractivity contribution is -0.143. The van der Waals surface area contributed by atoms with Crippen LogP contribution in [0.4, 0.5) is 0 Å². The van der Waals surface area contributed by atoms with Crippen LogP contribution in [0.2, 0.25) is 0 Å². The molecule has 1 saturated heterocycles. The van der Waals surface area contributed by atoms with E-state index in [4.69, 9.17) is 15.1 Å². The molecule has 0 aromatic carbocycles. The van der Waals surface area contributed by atoms with Gasteiger partial charge in [0.25, 0.3) is 0 Å². The van der Waals surface area contributed by atoms with Crippen LogP contribution in [-0.4, -0.2) is 35.7 Å². The van der Waals surface area contributed by atoms with E-state index in [2.05, 4.69) is 5.32 Å². The minimum atomic E-state index is -1.12. The van der Waals surface area contributed by atoms with Gasteiger partial charge in [0, 0.05) is 13.0 Å². The molecule has 16 heavy (non-hydrogen) atoms. The number of carbonyl (C=O) groups is 2. The third-order valence-corrected chi connectivity index (χ3v) is 2.38. The van der Waals surface area contributed by atoms with Gasteiger partial charge in [-0.2, -0.15) is 5.26 Å². The zero-order chi connectivity index (χ0) is 12.0. The Balaban J connectivity index is 2.44. The lowest BCUT2D eigenvalue weighted by Gasteiger charge is -2.15. The van der Waals surface area contributed by atoms with Crippen molar-refractivity contribution in [3.05, 3.63) is 0 Å². The Morgan fingerprint density at radius 2 is 2.38 bits per heavy atom. The van der Waals surface area contributed by atoms with Crippen LogP contribution in [0.3, 0.4) is 0 Å². The van der Waals surface area contributed by atoms with Gasteiger partial charge in [0.05, 0.1) is 6.07 Å². The summed E-state index contributed by atoms with van der Waals surface area (Å²) in [5.41, 5.74) is 0. The van der Waals surface area contributed by atoms with E-state index in [1.165, 1.54) is 0 Å². The fraction of sp³-hybridized carbons (Fsp3) is 0.700. The van der Waals surface area contributed by atoms with E-state index < -0.39 is 24.0 Å². The molecule has 0 aromatic rings. The van der Waals surface area contributed by atoms with E-state index in [0.717, 1.165) is 6.42 Å². The van der Waals surface area contributed by atoms with Crippen LogP contribution in [0.15, 0.2) is 0 Å². The van der Waals surface area contributed by atoms with Crippen molar-refractivity contribution < 1.29 is 19.4 Å². The number of hydrogen-bond acceptors (Lipinski definition) is 4. The third-order valence-electron chi connectivity index (χ3n) is 2.38. The first-order valence-electron chi connectivity index (χ1n) is 5.17. The number of nitrogens with zero attached hydrogens (tertiary/aromatic N) is 1. The molecule has 6 heteroatoms. The summed E-state index contributed by atoms with van der Waals surface area (Å²) < 4.78 is 5.13. The van der Waals surface area contributed by atoms with Crippen molar-refractivity contribution >= 4 is 11.9 Å². The first kappa shape index (κ1) is 12.5. The SMILES string of the molecule is N#CCC[C@@H](NC(=O)[C@H]1CCCO1)C(=O)O. The van der Waals surface area contributed by atoms with Gasteiger partial charge in [0.2, 0.25) is 5.91 Å². The molecule has 0 bridgehead atoms. The van der Waals surface area contributed by atoms with Crippen molar-refractivity contribution in [2.45, 2.75) is 37.8 Å². The van der Waals surface area contributed by atoms with Gasteiger partial charge < -0.3 is 15.2 Å². The molecule has 0 aliphatic carbocycles. The monoisotopic (exact) mass is 226 g/mol. The number of hydrogen-bond donors (Lipinski definition) is 2. The highest BCUT2D eigenvalue weighted by molar-refractivity contribution is 5.86. The standard InChI is InChI=1S/C10H14N2O4/c11-5-1-3-7(10(14)15)12-9(13)8-4-2-6-16-8/h7-8H,1-4,6H2,(H,12,13)(H,14,15)/t7-,8-/m1/s1. The van der Waals surface area contributed by atoms with Crippen LogP contribution in [0.25, 0.3) is 0 Å². The Morgan fingerprint density at radius 3 is 2.88 bits per heavy atom. The molecule has 0 spiro atoms. The first-order chi connectivity index (χ1) is 7.65. The Hall–Kier alpha value is -1.61. The van der Waals surface area contributed by atoms with Crippen LogP contribution < -0.4 is 5.32 Å². The molecule has 6 nitrogen and oxygen atoms in total. The number of amides is 1. The summed E-state index contributed by atoms with van der Waals surface area (Å²) in [6, 6.07) is 0.847. The van der Waals surface area contributed by atoms with Gasteiger partial charge in [-0.05, 0) is 19.3 Å². The minimum absolute atomic E-state index is 0.1000. The Labute approximate surface area is 93.2 Å². The van der Waals surface area contributed by atoms with Crippen LogP contribution in [-0.2, 0) is 14.3 Å². The lowest BCUT2D eigenvalue weighted by atomic mass is 10.1. The quantitative estimate of drug-likeness (QED) is 0.689. The molecule has 1 aliphatic rings.